The molecule has 4 N–H and O–H groups in total. The van der Waals surface area contributed by atoms with Gasteiger partial charge in [0.2, 0.25) is 5.96 Å². The van der Waals surface area contributed by atoms with Crippen LogP contribution in [0.15, 0.2) is 69.8 Å². The number of nitrogens with one attached hydrogen (secondary N) is 3. The van der Waals surface area contributed by atoms with Gasteiger partial charge >= 0.3 is 11.9 Å². The van der Waals surface area contributed by atoms with Gasteiger partial charge in [-0.1, -0.05) is 24.3 Å². The van der Waals surface area contributed by atoms with Crippen molar-refractivity contribution in [2.24, 2.45) is 15.9 Å². The van der Waals surface area contributed by atoms with E-state index in [1.54, 1.807) is 38.1 Å². The second-order valence-electron chi connectivity index (χ2n) is 10.6. The number of nitrogens with zero attached hydrogens (tertiary/aromatic N) is 4. The predicted octanol–water partition coefficient (Wildman–Crippen LogP) is 3.28. The molecule has 2 aliphatic heterocycles. The zero-order valence-corrected chi connectivity index (χ0v) is 25.5. The quantitative estimate of drug-likeness (QED) is 0.0839. The fraction of sp³-hybridized carbons (Fsp3) is 0.406. The molecule has 44 heavy (non-hydrogen) atoms. The Balaban J connectivity index is 1.42. The Morgan fingerprint density at radius 2 is 1.86 bits per heavy atom. The number of ether oxygens (including phenoxy) is 2. The van der Waals surface area contributed by atoms with Crippen molar-refractivity contribution in [2.45, 2.75) is 38.6 Å². The molecular weight excluding hydrogens is 562 g/mol. The van der Waals surface area contributed by atoms with Gasteiger partial charge in [-0.05, 0) is 56.5 Å². The minimum Gasteiger partial charge on any atom is -0.506 e. The van der Waals surface area contributed by atoms with Gasteiger partial charge in [0.25, 0.3) is 0 Å². The number of allylic oxidation sites excluding steroid dienone is 1. The van der Waals surface area contributed by atoms with Crippen LogP contribution in [0.2, 0.25) is 0 Å². The Morgan fingerprint density at radius 3 is 2.55 bits per heavy atom. The molecule has 2 unspecified atom stereocenters. The van der Waals surface area contributed by atoms with Crippen LogP contribution in [-0.4, -0.2) is 75.2 Å². The van der Waals surface area contributed by atoms with Gasteiger partial charge in [-0.3, -0.25) is 20.1 Å². The number of phenolic OH excluding ortho intramolecular Hbond substituents is 1. The van der Waals surface area contributed by atoms with Crippen molar-refractivity contribution in [1.29, 1.82) is 5.26 Å². The summed E-state index contributed by atoms with van der Waals surface area (Å²) in [4.78, 5) is 36.9. The van der Waals surface area contributed by atoms with E-state index in [-0.39, 0.29) is 11.5 Å². The molecule has 0 bridgehead atoms. The van der Waals surface area contributed by atoms with E-state index in [1.165, 1.54) is 14.2 Å². The fourth-order valence-corrected chi connectivity index (χ4v) is 5.81. The van der Waals surface area contributed by atoms with Crippen LogP contribution >= 0.6 is 0 Å². The summed E-state index contributed by atoms with van der Waals surface area (Å²) in [5, 5.41) is 28.7. The number of guanidine groups is 1. The zero-order chi connectivity index (χ0) is 31.6. The number of hydrogen-bond donors (Lipinski definition) is 4. The van der Waals surface area contributed by atoms with E-state index in [0.717, 1.165) is 31.6 Å². The number of para-hydroxylation sites is 2. The van der Waals surface area contributed by atoms with Gasteiger partial charge in [0.1, 0.15) is 11.7 Å². The van der Waals surface area contributed by atoms with Crippen LogP contribution in [0, 0.1) is 17.4 Å². The Morgan fingerprint density at radius 1 is 1.11 bits per heavy atom. The van der Waals surface area contributed by atoms with Gasteiger partial charge in [0.05, 0.1) is 32.0 Å². The largest absolute Gasteiger partial charge is 0.506 e. The highest BCUT2D eigenvalue weighted by atomic mass is 16.5. The van der Waals surface area contributed by atoms with Crippen LogP contribution in [0.5, 0.6) is 5.75 Å². The number of carbonyl (C=O) groups excluding carboxylic acids is 2. The Kier molecular flexibility index (Phi) is 10.9. The van der Waals surface area contributed by atoms with Crippen molar-refractivity contribution in [1.82, 2.24) is 10.6 Å². The maximum atomic E-state index is 12.9. The average Bonchev–Trinajstić information content (AvgIpc) is 3.03. The number of nitriles is 1. The Hall–Kier alpha value is -4.89. The molecule has 0 amide bonds. The van der Waals surface area contributed by atoms with Crippen molar-refractivity contribution >= 4 is 35.0 Å². The highest BCUT2D eigenvalue weighted by Gasteiger charge is 2.42. The molecule has 0 aliphatic carbocycles. The van der Waals surface area contributed by atoms with Crippen molar-refractivity contribution < 1.29 is 24.2 Å². The molecule has 2 aliphatic rings. The van der Waals surface area contributed by atoms with Gasteiger partial charge in [-0.25, -0.2) is 4.79 Å². The number of rotatable bonds is 9. The second kappa shape index (κ2) is 15.0. The van der Waals surface area contributed by atoms with Gasteiger partial charge in [-0.2, -0.15) is 5.26 Å². The third-order valence-corrected chi connectivity index (χ3v) is 7.90. The molecule has 2 aromatic rings. The summed E-state index contributed by atoms with van der Waals surface area (Å²) >= 11 is 0. The molecule has 12 nitrogen and oxygen atoms in total. The lowest BCUT2D eigenvalue weighted by atomic mass is 9.75. The molecule has 0 radical (unpaired) electrons. The third kappa shape index (κ3) is 7.54. The standard InChI is InChI=1S/C32H39N7O5/c1-20-27(30(41)43-3)29(28(21(2)37-20)31(42)44-4)22-8-7-9-24(18-22)38-32(36-19-33)35-15-14-34-23-12-16-39(17-13-23)25-10-5-6-11-26(25)40/h5-11,18,23,27,29,34,40H,12-17H2,1-4H3,(H2,35,36,38). The minimum atomic E-state index is -0.810. The van der Waals surface area contributed by atoms with E-state index in [1.807, 2.05) is 30.5 Å². The number of esters is 2. The minimum absolute atomic E-state index is 0.270. The van der Waals surface area contributed by atoms with Crippen LogP contribution in [0.3, 0.4) is 0 Å². The summed E-state index contributed by atoms with van der Waals surface area (Å²) in [6, 6.07) is 14.9. The van der Waals surface area contributed by atoms with Crippen molar-refractivity contribution in [3.8, 4) is 11.9 Å². The van der Waals surface area contributed by atoms with Crippen molar-refractivity contribution in [3.63, 3.8) is 0 Å². The topological polar surface area (TPSA) is 161 Å². The molecule has 1 saturated heterocycles. The molecule has 1 fully saturated rings. The van der Waals surface area contributed by atoms with Gasteiger partial charge < -0.3 is 30.1 Å². The number of piperidine rings is 1. The first-order chi connectivity index (χ1) is 21.3. The molecule has 232 valence electrons. The number of aliphatic imine (C=N–C) groups is 2. The van der Waals surface area contributed by atoms with Crippen molar-refractivity contribution in [3.05, 3.63) is 65.4 Å². The number of aromatic hydroxyl groups is 1. The van der Waals surface area contributed by atoms with Gasteiger partial charge in [0, 0.05) is 48.7 Å². The molecule has 0 saturated carbocycles. The van der Waals surface area contributed by atoms with Crippen LogP contribution in [0.1, 0.15) is 38.2 Å². The van der Waals surface area contributed by atoms with E-state index >= 15 is 0 Å². The van der Waals surface area contributed by atoms with E-state index in [4.69, 9.17) is 9.47 Å². The van der Waals surface area contributed by atoms with E-state index in [9.17, 15) is 20.0 Å². The van der Waals surface area contributed by atoms with Crippen LogP contribution < -0.4 is 20.9 Å². The number of phenols is 1. The van der Waals surface area contributed by atoms with Crippen LogP contribution in [0.4, 0.5) is 11.4 Å². The summed E-state index contributed by atoms with van der Waals surface area (Å²) < 4.78 is 10.1. The fourth-order valence-electron chi connectivity index (χ4n) is 5.81. The summed E-state index contributed by atoms with van der Waals surface area (Å²) in [6.45, 7) is 6.18. The maximum Gasteiger partial charge on any atom is 0.336 e. The number of carbonyl (C=O) groups is 2. The lowest BCUT2D eigenvalue weighted by Crippen LogP contribution is -2.43. The van der Waals surface area contributed by atoms with Crippen LogP contribution in [0.25, 0.3) is 0 Å². The summed E-state index contributed by atoms with van der Waals surface area (Å²) in [6.07, 6.45) is 3.79. The third-order valence-electron chi connectivity index (χ3n) is 7.90. The van der Waals surface area contributed by atoms with E-state index in [2.05, 4.69) is 30.8 Å². The number of benzene rings is 2. The monoisotopic (exact) mass is 601 g/mol. The highest BCUT2D eigenvalue weighted by molar-refractivity contribution is 6.07. The molecular formula is C32H39N7O5. The molecule has 2 heterocycles. The lowest BCUT2D eigenvalue weighted by molar-refractivity contribution is -0.143. The first kappa shape index (κ1) is 32.0. The average molecular weight is 602 g/mol. The first-order valence-electron chi connectivity index (χ1n) is 14.5. The summed E-state index contributed by atoms with van der Waals surface area (Å²) in [7, 11) is 2.60. The molecule has 4 rings (SSSR count). The smallest absolute Gasteiger partial charge is 0.336 e. The van der Waals surface area contributed by atoms with Crippen molar-refractivity contribution in [2.75, 3.05) is 50.6 Å². The molecule has 2 aromatic carbocycles. The molecule has 2 atom stereocenters. The number of methoxy groups -OCH3 is 2. The Labute approximate surface area is 257 Å². The van der Waals surface area contributed by atoms with E-state index < -0.39 is 23.8 Å². The van der Waals surface area contributed by atoms with Gasteiger partial charge in [-0.15, -0.1) is 0 Å². The zero-order valence-electron chi connectivity index (χ0n) is 25.5. The molecule has 0 aromatic heterocycles. The highest BCUT2D eigenvalue weighted by Crippen LogP contribution is 2.40. The van der Waals surface area contributed by atoms with Gasteiger partial charge in [0.15, 0.2) is 6.19 Å². The van der Waals surface area contributed by atoms with Crippen LogP contribution in [-0.2, 0) is 19.1 Å². The molecule has 12 heteroatoms. The maximum absolute atomic E-state index is 12.9. The SMILES string of the molecule is COC(=O)C1=C(C)N=C(C)C(C(=O)OC)C1c1cccc(NC(=NCCNC2CCN(c3ccccc3O)CC2)NC#N)c1. The first-order valence-corrected chi connectivity index (χ1v) is 14.5. The molecule has 0 spiro atoms. The number of hydrogen-bond acceptors (Lipinski definition) is 10. The lowest BCUT2D eigenvalue weighted by Gasteiger charge is -2.34. The number of anilines is 2. The normalized spacial score (nSPS) is 19.1. The summed E-state index contributed by atoms with van der Waals surface area (Å²) in [5.41, 5.74) is 3.44. The van der Waals surface area contributed by atoms with E-state index in [0.29, 0.717) is 47.5 Å². The summed E-state index contributed by atoms with van der Waals surface area (Å²) in [5.74, 6) is -2.00. The Bertz CT molecular complexity index is 1490. The predicted molar refractivity (Wildman–Crippen MR) is 169 cm³/mol. The second-order valence-corrected chi connectivity index (χ2v) is 10.6.